The van der Waals surface area contributed by atoms with E-state index in [0.717, 1.165) is 24.2 Å². The van der Waals surface area contributed by atoms with Crippen LogP contribution in [-0.2, 0) is 20.9 Å². The monoisotopic (exact) mass is 378 g/mol. The Kier molecular flexibility index (Phi) is 5.34. The molecule has 2 aliphatic rings. The van der Waals surface area contributed by atoms with Crippen LogP contribution in [0.2, 0.25) is 0 Å². The van der Waals surface area contributed by atoms with Gasteiger partial charge in [-0.1, -0.05) is 25.8 Å². The number of nitrogens with one attached hydrogen (secondary N) is 1. The number of carbonyl (C=O) groups is 3. The number of amides is 3. The van der Waals surface area contributed by atoms with Crippen LogP contribution in [0.25, 0.3) is 0 Å². The summed E-state index contributed by atoms with van der Waals surface area (Å²) < 4.78 is 23.6. The summed E-state index contributed by atoms with van der Waals surface area (Å²) in [5.41, 5.74) is -0.467. The number of methoxy groups -OCH3 is 1. The lowest BCUT2D eigenvalue weighted by molar-refractivity contribution is -0.149. The summed E-state index contributed by atoms with van der Waals surface area (Å²) in [5, 5.41) is 2.78. The van der Waals surface area contributed by atoms with Gasteiger partial charge >= 0.3 is 12.0 Å². The molecule has 27 heavy (non-hydrogen) atoms. The molecule has 1 spiro atoms. The minimum atomic E-state index is -0.908. The number of benzene rings is 1. The molecule has 0 radical (unpaired) electrons. The predicted molar refractivity (Wildman–Crippen MR) is 93.4 cm³/mol. The average molecular weight is 378 g/mol. The van der Waals surface area contributed by atoms with Gasteiger partial charge in [-0.15, -0.1) is 0 Å². The van der Waals surface area contributed by atoms with Gasteiger partial charge in [0.2, 0.25) is 0 Å². The van der Waals surface area contributed by atoms with Crippen LogP contribution in [-0.4, -0.2) is 42.0 Å². The Hall–Kier alpha value is -2.64. The molecule has 146 valence electrons. The molecule has 0 aromatic heterocycles. The molecule has 8 heteroatoms. The smallest absolute Gasteiger partial charge is 0.326 e. The molecule has 1 saturated heterocycles. The molecule has 2 atom stereocenters. The molecular formula is C19H23FN2O5. The first-order chi connectivity index (χ1) is 12.9. The van der Waals surface area contributed by atoms with Gasteiger partial charge in [0.1, 0.15) is 18.7 Å². The average Bonchev–Trinajstić information content (AvgIpc) is 2.87. The molecule has 1 aliphatic heterocycles. The molecular weight excluding hydrogens is 355 g/mol. The van der Waals surface area contributed by atoms with Crippen LogP contribution in [0.1, 0.15) is 38.2 Å². The second kappa shape index (κ2) is 7.54. The zero-order valence-corrected chi connectivity index (χ0v) is 15.4. The van der Waals surface area contributed by atoms with Gasteiger partial charge in [0.05, 0.1) is 7.11 Å². The summed E-state index contributed by atoms with van der Waals surface area (Å²) in [4.78, 5) is 38.1. The van der Waals surface area contributed by atoms with Crippen LogP contribution in [0.4, 0.5) is 9.18 Å². The molecule has 1 heterocycles. The SMILES string of the molecule is COc1ccc(COC(=O)CN2C(=O)N[C@]3(CCCC[C@@H]3C)C2=O)cc1F. The van der Waals surface area contributed by atoms with Crippen molar-refractivity contribution in [1.82, 2.24) is 10.2 Å². The quantitative estimate of drug-likeness (QED) is 0.628. The van der Waals surface area contributed by atoms with E-state index < -0.39 is 29.9 Å². The largest absolute Gasteiger partial charge is 0.494 e. The van der Waals surface area contributed by atoms with Crippen LogP contribution < -0.4 is 10.1 Å². The zero-order chi connectivity index (χ0) is 19.6. The molecule has 7 nitrogen and oxygen atoms in total. The molecule has 1 N–H and O–H groups in total. The number of ether oxygens (including phenoxy) is 2. The number of rotatable bonds is 5. The second-order valence-corrected chi connectivity index (χ2v) is 7.07. The number of carbonyl (C=O) groups excluding carboxylic acids is 3. The van der Waals surface area contributed by atoms with Gasteiger partial charge in [-0.3, -0.25) is 14.5 Å². The van der Waals surface area contributed by atoms with E-state index >= 15 is 0 Å². The third-order valence-electron chi connectivity index (χ3n) is 5.40. The topological polar surface area (TPSA) is 84.9 Å². The predicted octanol–water partition coefficient (Wildman–Crippen LogP) is 2.38. The molecule has 3 rings (SSSR count). The highest BCUT2D eigenvalue weighted by Gasteiger charge is 2.55. The first-order valence-corrected chi connectivity index (χ1v) is 8.99. The summed E-state index contributed by atoms with van der Waals surface area (Å²) in [7, 11) is 1.36. The number of imide groups is 1. The van der Waals surface area contributed by atoms with E-state index in [1.165, 1.54) is 19.2 Å². The molecule has 3 amide bonds. The summed E-state index contributed by atoms with van der Waals surface area (Å²) in [6.45, 7) is 1.32. The van der Waals surface area contributed by atoms with Crippen LogP contribution in [0.15, 0.2) is 18.2 Å². The fourth-order valence-corrected chi connectivity index (χ4v) is 3.78. The van der Waals surface area contributed by atoms with Crippen molar-refractivity contribution >= 4 is 17.9 Å². The standard InChI is InChI=1S/C19H23FN2O5/c1-12-5-3-4-8-19(12)17(24)22(18(25)21-19)10-16(23)27-11-13-6-7-15(26-2)14(20)9-13/h6-7,9,12H,3-5,8,10-11H2,1-2H3,(H,21,25)/t12-,19-/m0/s1. The summed E-state index contributed by atoms with van der Waals surface area (Å²) in [5.74, 6) is -1.54. The van der Waals surface area contributed by atoms with E-state index in [-0.39, 0.29) is 24.2 Å². The van der Waals surface area contributed by atoms with Crippen molar-refractivity contribution in [3.8, 4) is 5.75 Å². The highest BCUT2D eigenvalue weighted by atomic mass is 19.1. The van der Waals surface area contributed by atoms with Gasteiger partial charge in [-0.2, -0.15) is 0 Å². The van der Waals surface area contributed by atoms with Gasteiger partial charge < -0.3 is 14.8 Å². The minimum Gasteiger partial charge on any atom is -0.494 e. The Labute approximate surface area is 156 Å². The lowest BCUT2D eigenvalue weighted by atomic mass is 9.73. The van der Waals surface area contributed by atoms with E-state index in [0.29, 0.717) is 12.0 Å². The molecule has 1 aromatic rings. The molecule has 2 fully saturated rings. The molecule has 1 saturated carbocycles. The zero-order valence-electron chi connectivity index (χ0n) is 15.4. The number of esters is 1. The van der Waals surface area contributed by atoms with Crippen molar-refractivity contribution in [3.63, 3.8) is 0 Å². The molecule has 0 unspecified atom stereocenters. The van der Waals surface area contributed by atoms with Gasteiger partial charge in [-0.05, 0) is 36.5 Å². The first-order valence-electron chi connectivity index (χ1n) is 8.99. The Bertz CT molecular complexity index is 768. The van der Waals surface area contributed by atoms with Crippen molar-refractivity contribution in [3.05, 3.63) is 29.6 Å². The molecule has 1 aromatic carbocycles. The maximum atomic E-state index is 13.7. The number of urea groups is 1. The van der Waals surface area contributed by atoms with E-state index in [1.54, 1.807) is 6.07 Å². The van der Waals surface area contributed by atoms with Gasteiger partial charge in [0.25, 0.3) is 5.91 Å². The number of halogens is 1. The lowest BCUT2D eigenvalue weighted by Gasteiger charge is -2.36. The third kappa shape index (κ3) is 3.61. The summed E-state index contributed by atoms with van der Waals surface area (Å²) in [6.07, 6.45) is 3.31. The molecule has 0 bridgehead atoms. The van der Waals surface area contributed by atoms with Crippen molar-refractivity contribution in [2.45, 2.75) is 44.8 Å². The maximum Gasteiger partial charge on any atom is 0.326 e. The van der Waals surface area contributed by atoms with Crippen LogP contribution >= 0.6 is 0 Å². The van der Waals surface area contributed by atoms with Crippen LogP contribution in [0.3, 0.4) is 0 Å². The minimum absolute atomic E-state index is 0.0194. The Morgan fingerprint density at radius 1 is 1.37 bits per heavy atom. The number of hydrogen-bond acceptors (Lipinski definition) is 5. The fraction of sp³-hybridized carbons (Fsp3) is 0.526. The maximum absolute atomic E-state index is 13.7. The number of hydrogen-bond donors (Lipinski definition) is 1. The van der Waals surface area contributed by atoms with Crippen molar-refractivity contribution < 1.29 is 28.2 Å². The number of nitrogens with zero attached hydrogens (tertiary/aromatic N) is 1. The van der Waals surface area contributed by atoms with E-state index in [4.69, 9.17) is 9.47 Å². The second-order valence-electron chi connectivity index (χ2n) is 7.07. The summed E-state index contributed by atoms with van der Waals surface area (Å²) in [6, 6.07) is 3.64. The highest BCUT2D eigenvalue weighted by Crippen LogP contribution is 2.38. The van der Waals surface area contributed by atoms with E-state index in [1.807, 2.05) is 6.92 Å². The summed E-state index contributed by atoms with van der Waals surface area (Å²) >= 11 is 0. The van der Waals surface area contributed by atoms with Gasteiger partial charge in [-0.25, -0.2) is 9.18 Å². The van der Waals surface area contributed by atoms with Gasteiger partial charge in [0, 0.05) is 0 Å². The van der Waals surface area contributed by atoms with Crippen molar-refractivity contribution in [2.24, 2.45) is 5.92 Å². The van der Waals surface area contributed by atoms with Crippen molar-refractivity contribution in [2.75, 3.05) is 13.7 Å². The first kappa shape index (κ1) is 19.1. The Morgan fingerprint density at radius 3 is 2.81 bits per heavy atom. The lowest BCUT2D eigenvalue weighted by Crippen LogP contribution is -2.54. The van der Waals surface area contributed by atoms with Gasteiger partial charge in [0.15, 0.2) is 11.6 Å². The van der Waals surface area contributed by atoms with Crippen molar-refractivity contribution in [1.29, 1.82) is 0 Å². The Balaban J connectivity index is 1.60. The fourth-order valence-electron chi connectivity index (χ4n) is 3.78. The van der Waals surface area contributed by atoms with Crippen LogP contribution in [0.5, 0.6) is 5.75 Å². The van der Waals surface area contributed by atoms with Crippen LogP contribution in [0, 0.1) is 11.7 Å². The Morgan fingerprint density at radius 2 is 2.15 bits per heavy atom. The molecule has 1 aliphatic carbocycles. The normalized spacial score (nSPS) is 24.9. The van der Waals surface area contributed by atoms with E-state index in [2.05, 4.69) is 5.32 Å². The van der Waals surface area contributed by atoms with E-state index in [9.17, 15) is 18.8 Å². The highest BCUT2D eigenvalue weighted by molar-refractivity contribution is 6.08. The third-order valence-corrected chi connectivity index (χ3v) is 5.40.